The quantitative estimate of drug-likeness (QED) is 0.114. The Labute approximate surface area is 397 Å². The number of unbranched alkanes of at least 4 members (excludes halogenated alkanes) is 2. The van der Waals surface area contributed by atoms with Crippen LogP contribution in [0.3, 0.4) is 0 Å². The maximum atomic E-state index is 2.49. The zero-order valence-corrected chi connectivity index (χ0v) is 39.3. The molecule has 9 aromatic carbocycles. The fraction of sp³-hybridized carbons (Fsp3) is 0.169. The maximum Gasteiger partial charge on any atom is 0.0725 e. The molecule has 9 aromatic rings. The molecule has 0 bridgehead atoms. The average Bonchev–Trinajstić information content (AvgIpc) is 3.84. The Kier molecular flexibility index (Phi) is 11.2. The van der Waals surface area contributed by atoms with E-state index in [1.54, 1.807) is 0 Å². The van der Waals surface area contributed by atoms with Crippen LogP contribution in [-0.2, 0) is 18.3 Å². The number of aryl methyl sites for hydroxylation is 4. The summed E-state index contributed by atoms with van der Waals surface area (Å²) < 4.78 is 0. The third-order valence-electron chi connectivity index (χ3n) is 14.4. The van der Waals surface area contributed by atoms with Crippen molar-refractivity contribution in [1.82, 2.24) is 0 Å². The van der Waals surface area contributed by atoms with Crippen LogP contribution >= 0.6 is 0 Å². The van der Waals surface area contributed by atoms with Gasteiger partial charge in [0.05, 0.1) is 5.41 Å². The van der Waals surface area contributed by atoms with E-state index in [0.29, 0.717) is 0 Å². The molecule has 0 aliphatic heterocycles. The third kappa shape index (κ3) is 7.46. The highest BCUT2D eigenvalue weighted by Gasteiger charge is 2.51. The predicted octanol–water partition coefficient (Wildman–Crippen LogP) is 17.9. The summed E-state index contributed by atoms with van der Waals surface area (Å²) in [6.07, 6.45) is 6.99. The normalized spacial score (nSPS) is 12.7. The average molecular weight is 867 g/mol. The van der Waals surface area contributed by atoms with Crippen LogP contribution in [-0.4, -0.2) is 0 Å². The number of hydrogen-bond donors (Lipinski definition) is 0. The molecule has 2 aliphatic carbocycles. The minimum atomic E-state index is -0.376. The van der Waals surface area contributed by atoms with Gasteiger partial charge in [-0.05, 0) is 185 Å². The standard InChI is InChI=1S/C65H58N2/c1-5-7-13-47-22-31-52(32-23-47)66(51-29-19-45(3)20-30-51)55-37-39-56(40-38-55)67(53-33-24-48(25-34-53)14-8-6-2)54-35-26-49(27-36-54)50-28-42-60-59-41-21-46(4)43-63(59)65(64(60)44-50)61-17-11-9-15-57(61)58-16-10-12-18-62(58)65/h9-12,15-44H,5-8,13-14H2,1-4H3. The van der Waals surface area contributed by atoms with Crippen molar-refractivity contribution < 1.29 is 0 Å². The number of rotatable bonds is 13. The highest BCUT2D eigenvalue weighted by atomic mass is 15.2. The summed E-state index contributed by atoms with van der Waals surface area (Å²) in [7, 11) is 0. The summed E-state index contributed by atoms with van der Waals surface area (Å²) in [5.41, 5.74) is 25.0. The van der Waals surface area contributed by atoms with Gasteiger partial charge in [-0.3, -0.25) is 0 Å². The Morgan fingerprint density at radius 2 is 0.687 bits per heavy atom. The van der Waals surface area contributed by atoms with E-state index in [1.165, 1.54) is 104 Å². The molecule has 0 amide bonds. The second-order valence-electron chi connectivity index (χ2n) is 18.8. The highest BCUT2D eigenvalue weighted by Crippen LogP contribution is 2.63. The van der Waals surface area contributed by atoms with E-state index in [2.05, 4.69) is 244 Å². The third-order valence-corrected chi connectivity index (χ3v) is 14.4. The highest BCUT2D eigenvalue weighted by molar-refractivity contribution is 5.96. The lowest BCUT2D eigenvalue weighted by Crippen LogP contribution is -2.26. The van der Waals surface area contributed by atoms with Gasteiger partial charge in [-0.2, -0.15) is 0 Å². The summed E-state index contributed by atoms with van der Waals surface area (Å²) >= 11 is 0. The van der Waals surface area contributed by atoms with Crippen LogP contribution < -0.4 is 9.80 Å². The molecule has 1 spiro atoms. The van der Waals surface area contributed by atoms with E-state index >= 15 is 0 Å². The molecule has 11 rings (SSSR count). The van der Waals surface area contributed by atoms with E-state index in [-0.39, 0.29) is 5.41 Å². The fourth-order valence-corrected chi connectivity index (χ4v) is 11.0. The van der Waals surface area contributed by atoms with E-state index in [4.69, 9.17) is 0 Å². The van der Waals surface area contributed by atoms with E-state index in [0.717, 1.165) is 47.0 Å². The van der Waals surface area contributed by atoms with Crippen molar-refractivity contribution in [1.29, 1.82) is 0 Å². The van der Waals surface area contributed by atoms with Gasteiger partial charge in [0.25, 0.3) is 0 Å². The lowest BCUT2D eigenvalue weighted by Gasteiger charge is -2.31. The van der Waals surface area contributed by atoms with Crippen molar-refractivity contribution >= 4 is 34.1 Å². The van der Waals surface area contributed by atoms with E-state index < -0.39 is 0 Å². The van der Waals surface area contributed by atoms with Gasteiger partial charge >= 0.3 is 0 Å². The van der Waals surface area contributed by atoms with Crippen molar-refractivity contribution in [2.45, 2.75) is 71.6 Å². The van der Waals surface area contributed by atoms with Crippen LogP contribution in [0.2, 0.25) is 0 Å². The predicted molar refractivity (Wildman–Crippen MR) is 284 cm³/mol. The molecule has 0 fully saturated rings. The monoisotopic (exact) mass is 866 g/mol. The van der Waals surface area contributed by atoms with E-state index in [1.807, 2.05) is 0 Å². The minimum absolute atomic E-state index is 0.376. The SMILES string of the molecule is CCCCc1ccc(N(c2ccc(C)cc2)c2ccc(N(c3ccc(CCCC)cc3)c3ccc(-c4ccc5c(c4)C4(c6ccccc6-c6ccccc64)c4cc(C)ccc4-5)cc3)cc2)cc1. The van der Waals surface area contributed by atoms with Gasteiger partial charge in [0, 0.05) is 34.1 Å². The van der Waals surface area contributed by atoms with Crippen molar-refractivity contribution in [3.8, 4) is 33.4 Å². The largest absolute Gasteiger partial charge is 0.311 e. The Hall–Kier alpha value is -7.42. The summed E-state index contributed by atoms with van der Waals surface area (Å²) in [4.78, 5) is 4.77. The number of fused-ring (bicyclic) bond motifs is 10. The Balaban J connectivity index is 0.978. The smallest absolute Gasteiger partial charge is 0.0725 e. The lowest BCUT2D eigenvalue weighted by atomic mass is 9.70. The number of benzene rings is 9. The zero-order chi connectivity index (χ0) is 45.5. The second-order valence-corrected chi connectivity index (χ2v) is 18.8. The molecular formula is C65H58N2. The first-order chi connectivity index (χ1) is 32.9. The van der Waals surface area contributed by atoms with Gasteiger partial charge in [-0.25, -0.2) is 0 Å². The van der Waals surface area contributed by atoms with Crippen LogP contribution in [0.15, 0.2) is 206 Å². The second kappa shape index (κ2) is 17.8. The summed E-state index contributed by atoms with van der Waals surface area (Å²) in [5, 5.41) is 0. The first-order valence-corrected chi connectivity index (χ1v) is 24.5. The molecule has 0 radical (unpaired) electrons. The van der Waals surface area contributed by atoms with Crippen LogP contribution in [0.4, 0.5) is 34.1 Å². The number of nitrogens with zero attached hydrogens (tertiary/aromatic N) is 2. The molecule has 67 heavy (non-hydrogen) atoms. The van der Waals surface area contributed by atoms with Gasteiger partial charge in [-0.1, -0.05) is 165 Å². The van der Waals surface area contributed by atoms with Crippen molar-refractivity contribution in [3.05, 3.63) is 251 Å². The summed E-state index contributed by atoms with van der Waals surface area (Å²) in [6, 6.07) is 77.9. The molecule has 0 heterocycles. The van der Waals surface area contributed by atoms with Crippen LogP contribution in [0.25, 0.3) is 33.4 Å². The number of hydrogen-bond acceptors (Lipinski definition) is 2. The molecule has 2 aliphatic rings. The first kappa shape index (κ1) is 42.2. The summed E-state index contributed by atoms with van der Waals surface area (Å²) in [6.45, 7) is 8.90. The van der Waals surface area contributed by atoms with E-state index in [9.17, 15) is 0 Å². The Morgan fingerprint density at radius 3 is 1.16 bits per heavy atom. The van der Waals surface area contributed by atoms with Gasteiger partial charge in [-0.15, -0.1) is 0 Å². The minimum Gasteiger partial charge on any atom is -0.311 e. The molecule has 2 heteroatoms. The molecule has 0 atom stereocenters. The molecule has 0 N–H and O–H groups in total. The van der Waals surface area contributed by atoms with Crippen LogP contribution in [0.1, 0.15) is 84.0 Å². The molecule has 2 nitrogen and oxygen atoms in total. The molecule has 0 aromatic heterocycles. The van der Waals surface area contributed by atoms with Crippen molar-refractivity contribution in [2.24, 2.45) is 0 Å². The fourth-order valence-electron chi connectivity index (χ4n) is 11.0. The summed E-state index contributed by atoms with van der Waals surface area (Å²) in [5.74, 6) is 0. The van der Waals surface area contributed by atoms with Crippen molar-refractivity contribution in [2.75, 3.05) is 9.80 Å². The molecular weight excluding hydrogens is 809 g/mol. The molecule has 0 saturated heterocycles. The molecule has 0 unspecified atom stereocenters. The van der Waals surface area contributed by atoms with Crippen molar-refractivity contribution in [3.63, 3.8) is 0 Å². The topological polar surface area (TPSA) is 6.48 Å². The van der Waals surface area contributed by atoms with Gasteiger partial charge < -0.3 is 9.80 Å². The van der Waals surface area contributed by atoms with Gasteiger partial charge in [0.2, 0.25) is 0 Å². The van der Waals surface area contributed by atoms with Crippen LogP contribution in [0, 0.1) is 13.8 Å². The zero-order valence-electron chi connectivity index (χ0n) is 39.3. The lowest BCUT2D eigenvalue weighted by molar-refractivity contribution is 0.793. The first-order valence-electron chi connectivity index (χ1n) is 24.5. The Morgan fingerprint density at radius 1 is 0.328 bits per heavy atom. The maximum absolute atomic E-state index is 2.49. The number of anilines is 6. The van der Waals surface area contributed by atoms with Crippen LogP contribution in [0.5, 0.6) is 0 Å². The molecule has 0 saturated carbocycles. The molecule has 328 valence electrons. The van der Waals surface area contributed by atoms with Gasteiger partial charge in [0.15, 0.2) is 0 Å². The Bertz CT molecular complexity index is 3150. The van der Waals surface area contributed by atoms with Gasteiger partial charge in [0.1, 0.15) is 0 Å².